The molecule has 0 fully saturated rings. The van der Waals surface area contributed by atoms with Crippen LogP contribution in [0.3, 0.4) is 0 Å². The van der Waals surface area contributed by atoms with Gasteiger partial charge in [-0.1, -0.05) is 42.0 Å². The number of rotatable bonds is 3. The highest BCUT2D eigenvalue weighted by molar-refractivity contribution is 5.27. The fourth-order valence-electron chi connectivity index (χ4n) is 1.94. The molecule has 2 aromatic carbocycles. The third-order valence-electron chi connectivity index (χ3n) is 2.81. The largest absolute Gasteiger partial charge is 0.324 e. The maximum atomic E-state index is 13.0. The summed E-state index contributed by atoms with van der Waals surface area (Å²) in [6, 6.07) is 14.6. The zero-order valence-electron chi connectivity index (χ0n) is 9.86. The van der Waals surface area contributed by atoms with Crippen molar-refractivity contribution in [2.24, 2.45) is 5.73 Å². The Bertz CT molecular complexity index is 508. The van der Waals surface area contributed by atoms with Gasteiger partial charge in [0.1, 0.15) is 5.82 Å². The Balaban J connectivity index is 2.14. The predicted molar refractivity (Wildman–Crippen MR) is 68.2 cm³/mol. The minimum absolute atomic E-state index is 0.0864. The Kier molecular flexibility index (Phi) is 3.55. The molecule has 2 N–H and O–H groups in total. The van der Waals surface area contributed by atoms with Gasteiger partial charge >= 0.3 is 0 Å². The molecule has 0 aromatic heterocycles. The number of hydrogen-bond acceptors (Lipinski definition) is 1. The minimum Gasteiger partial charge on any atom is -0.324 e. The Morgan fingerprint density at radius 2 is 1.88 bits per heavy atom. The van der Waals surface area contributed by atoms with E-state index in [9.17, 15) is 4.39 Å². The molecule has 2 aromatic rings. The molecule has 0 aliphatic rings. The Morgan fingerprint density at radius 3 is 2.59 bits per heavy atom. The van der Waals surface area contributed by atoms with Gasteiger partial charge in [-0.15, -0.1) is 0 Å². The summed E-state index contributed by atoms with van der Waals surface area (Å²) >= 11 is 0. The summed E-state index contributed by atoms with van der Waals surface area (Å²) in [5, 5.41) is 0. The lowest BCUT2D eigenvalue weighted by Gasteiger charge is -2.12. The zero-order valence-corrected chi connectivity index (χ0v) is 9.86. The van der Waals surface area contributed by atoms with Crippen molar-refractivity contribution in [3.8, 4) is 0 Å². The molecule has 0 aliphatic heterocycles. The molecule has 1 atom stereocenters. The van der Waals surface area contributed by atoms with Crippen LogP contribution in [0.5, 0.6) is 0 Å². The normalized spacial score (nSPS) is 12.4. The quantitative estimate of drug-likeness (QED) is 0.858. The van der Waals surface area contributed by atoms with E-state index in [-0.39, 0.29) is 11.9 Å². The summed E-state index contributed by atoms with van der Waals surface area (Å²) in [7, 11) is 0. The van der Waals surface area contributed by atoms with E-state index in [0.29, 0.717) is 6.42 Å². The lowest BCUT2D eigenvalue weighted by molar-refractivity contribution is 0.622. The molecule has 1 unspecified atom stereocenters. The highest BCUT2D eigenvalue weighted by atomic mass is 19.1. The van der Waals surface area contributed by atoms with Gasteiger partial charge in [-0.2, -0.15) is 0 Å². The number of nitrogens with two attached hydrogens (primary N) is 1. The molecule has 0 saturated carbocycles. The lowest BCUT2D eigenvalue weighted by Crippen LogP contribution is -2.13. The van der Waals surface area contributed by atoms with Crippen LogP contribution in [0, 0.1) is 12.7 Å². The molecule has 88 valence electrons. The Hall–Kier alpha value is -1.67. The third kappa shape index (κ3) is 3.14. The molecule has 2 heteroatoms. The molecule has 0 radical (unpaired) electrons. The Morgan fingerprint density at radius 1 is 1.12 bits per heavy atom. The van der Waals surface area contributed by atoms with E-state index in [0.717, 1.165) is 11.1 Å². The first-order chi connectivity index (χ1) is 8.15. The molecule has 0 saturated heterocycles. The van der Waals surface area contributed by atoms with Crippen LogP contribution in [0.1, 0.15) is 22.7 Å². The molecule has 0 spiro atoms. The summed E-state index contributed by atoms with van der Waals surface area (Å²) in [5.74, 6) is -0.209. The van der Waals surface area contributed by atoms with E-state index >= 15 is 0 Å². The van der Waals surface area contributed by atoms with Gasteiger partial charge < -0.3 is 5.73 Å². The van der Waals surface area contributed by atoms with Crippen LogP contribution in [-0.2, 0) is 6.42 Å². The van der Waals surface area contributed by atoms with Crippen molar-refractivity contribution >= 4 is 0 Å². The first kappa shape index (κ1) is 11.8. The highest BCUT2D eigenvalue weighted by Gasteiger charge is 2.07. The second kappa shape index (κ2) is 5.11. The van der Waals surface area contributed by atoms with Gasteiger partial charge in [0.25, 0.3) is 0 Å². The molecule has 0 heterocycles. The number of halogens is 1. The van der Waals surface area contributed by atoms with Gasteiger partial charge in [-0.25, -0.2) is 4.39 Å². The van der Waals surface area contributed by atoms with Crippen molar-refractivity contribution in [2.75, 3.05) is 0 Å². The minimum atomic E-state index is -0.209. The van der Waals surface area contributed by atoms with Gasteiger partial charge in [-0.3, -0.25) is 0 Å². The van der Waals surface area contributed by atoms with Crippen LogP contribution in [0.4, 0.5) is 4.39 Å². The van der Waals surface area contributed by atoms with Crippen molar-refractivity contribution in [1.82, 2.24) is 0 Å². The van der Waals surface area contributed by atoms with E-state index in [1.165, 1.54) is 17.7 Å². The molecule has 0 bridgehead atoms. The summed E-state index contributed by atoms with van der Waals surface area (Å²) in [5.41, 5.74) is 9.34. The second-order valence-electron chi connectivity index (χ2n) is 4.35. The number of aryl methyl sites for hydroxylation is 1. The molecular formula is C15H16FN. The van der Waals surface area contributed by atoms with Gasteiger partial charge in [0.2, 0.25) is 0 Å². The molecule has 17 heavy (non-hydrogen) atoms. The first-order valence-electron chi connectivity index (χ1n) is 5.72. The maximum absolute atomic E-state index is 13.0. The SMILES string of the molecule is Cc1cccc(C(N)Cc2cccc(F)c2)c1. The molecule has 0 aliphatic carbocycles. The number of hydrogen-bond donors (Lipinski definition) is 1. The monoisotopic (exact) mass is 229 g/mol. The molecular weight excluding hydrogens is 213 g/mol. The van der Waals surface area contributed by atoms with E-state index in [4.69, 9.17) is 5.73 Å². The smallest absolute Gasteiger partial charge is 0.123 e. The van der Waals surface area contributed by atoms with E-state index in [1.807, 2.05) is 31.2 Å². The van der Waals surface area contributed by atoms with E-state index in [2.05, 4.69) is 6.07 Å². The van der Waals surface area contributed by atoms with Crippen LogP contribution in [0.15, 0.2) is 48.5 Å². The maximum Gasteiger partial charge on any atom is 0.123 e. The fourth-order valence-corrected chi connectivity index (χ4v) is 1.94. The van der Waals surface area contributed by atoms with Crippen molar-refractivity contribution in [3.05, 3.63) is 71.0 Å². The van der Waals surface area contributed by atoms with Gasteiger partial charge in [0.15, 0.2) is 0 Å². The Labute approximate surface area is 101 Å². The molecule has 0 amide bonds. The summed E-state index contributed by atoms with van der Waals surface area (Å²) < 4.78 is 13.0. The average Bonchev–Trinajstić information content (AvgIpc) is 2.29. The number of benzene rings is 2. The summed E-state index contributed by atoms with van der Waals surface area (Å²) in [6.45, 7) is 2.04. The van der Waals surface area contributed by atoms with E-state index < -0.39 is 0 Å². The van der Waals surface area contributed by atoms with Crippen LogP contribution >= 0.6 is 0 Å². The molecule has 1 nitrogen and oxygen atoms in total. The topological polar surface area (TPSA) is 26.0 Å². The van der Waals surface area contributed by atoms with Gasteiger partial charge in [-0.05, 0) is 36.6 Å². The van der Waals surface area contributed by atoms with Crippen LogP contribution in [0.25, 0.3) is 0 Å². The lowest BCUT2D eigenvalue weighted by atomic mass is 9.98. The van der Waals surface area contributed by atoms with Crippen LogP contribution in [-0.4, -0.2) is 0 Å². The van der Waals surface area contributed by atoms with Gasteiger partial charge in [0.05, 0.1) is 0 Å². The van der Waals surface area contributed by atoms with Crippen LogP contribution in [0.2, 0.25) is 0 Å². The van der Waals surface area contributed by atoms with Gasteiger partial charge in [0, 0.05) is 6.04 Å². The first-order valence-corrected chi connectivity index (χ1v) is 5.72. The molecule has 2 rings (SSSR count). The zero-order chi connectivity index (χ0) is 12.3. The highest BCUT2D eigenvalue weighted by Crippen LogP contribution is 2.17. The summed E-state index contributed by atoms with van der Waals surface area (Å²) in [4.78, 5) is 0. The third-order valence-corrected chi connectivity index (χ3v) is 2.81. The van der Waals surface area contributed by atoms with Crippen molar-refractivity contribution in [2.45, 2.75) is 19.4 Å². The van der Waals surface area contributed by atoms with Crippen molar-refractivity contribution in [1.29, 1.82) is 0 Å². The standard InChI is InChI=1S/C15H16FN/c1-11-4-2-6-13(8-11)15(17)10-12-5-3-7-14(16)9-12/h2-9,15H,10,17H2,1H3. The van der Waals surface area contributed by atoms with Crippen molar-refractivity contribution < 1.29 is 4.39 Å². The average molecular weight is 229 g/mol. The second-order valence-corrected chi connectivity index (χ2v) is 4.35. The van der Waals surface area contributed by atoms with E-state index in [1.54, 1.807) is 6.07 Å². The van der Waals surface area contributed by atoms with Crippen LogP contribution < -0.4 is 5.73 Å². The fraction of sp³-hybridized carbons (Fsp3) is 0.200. The summed E-state index contributed by atoms with van der Waals surface area (Å²) in [6.07, 6.45) is 0.654. The predicted octanol–water partition coefficient (Wildman–Crippen LogP) is 3.38. The van der Waals surface area contributed by atoms with Crippen molar-refractivity contribution in [3.63, 3.8) is 0 Å².